The lowest BCUT2D eigenvalue weighted by Gasteiger charge is -2.13. The zero-order valence-corrected chi connectivity index (χ0v) is 15.0. The predicted octanol–water partition coefficient (Wildman–Crippen LogP) is 2.93. The Morgan fingerprint density at radius 3 is 2.42 bits per heavy atom. The van der Waals surface area contributed by atoms with Crippen LogP contribution in [0.5, 0.6) is 11.5 Å². The lowest BCUT2D eigenvalue weighted by atomic mass is 10.1. The largest absolute Gasteiger partial charge is 0.497 e. The Morgan fingerprint density at radius 2 is 1.73 bits per heavy atom. The van der Waals surface area contributed by atoms with Gasteiger partial charge in [-0.15, -0.1) is 0 Å². The highest BCUT2D eigenvalue weighted by atomic mass is 16.5. The highest BCUT2D eigenvalue weighted by molar-refractivity contribution is 6.01. The summed E-state index contributed by atoms with van der Waals surface area (Å²) in [5.41, 5.74) is 1.50. The van der Waals surface area contributed by atoms with Crippen molar-refractivity contribution in [2.24, 2.45) is 0 Å². The molecule has 2 aromatic rings. The minimum Gasteiger partial charge on any atom is -0.497 e. The SMILES string of the molecule is COC(=O)c1ccccc1NC(=O)CCNc1ccc(OC)cc1OC. The van der Waals surface area contributed by atoms with Gasteiger partial charge < -0.3 is 24.8 Å². The van der Waals surface area contributed by atoms with Crippen molar-refractivity contribution < 1.29 is 23.8 Å². The zero-order valence-electron chi connectivity index (χ0n) is 15.0. The van der Waals surface area contributed by atoms with Gasteiger partial charge in [-0.3, -0.25) is 4.79 Å². The number of anilines is 2. The third-order valence-corrected chi connectivity index (χ3v) is 3.68. The van der Waals surface area contributed by atoms with Crippen LogP contribution in [-0.2, 0) is 9.53 Å². The van der Waals surface area contributed by atoms with Crippen molar-refractivity contribution in [2.75, 3.05) is 38.5 Å². The van der Waals surface area contributed by atoms with Crippen LogP contribution in [0.25, 0.3) is 0 Å². The van der Waals surface area contributed by atoms with Gasteiger partial charge in [0.05, 0.1) is 38.3 Å². The third-order valence-electron chi connectivity index (χ3n) is 3.68. The van der Waals surface area contributed by atoms with Crippen LogP contribution in [0.15, 0.2) is 42.5 Å². The molecule has 2 aromatic carbocycles. The second-order valence-corrected chi connectivity index (χ2v) is 5.33. The molecule has 2 N–H and O–H groups in total. The number of methoxy groups -OCH3 is 3. The molecule has 138 valence electrons. The van der Waals surface area contributed by atoms with Crippen molar-refractivity contribution in [3.05, 3.63) is 48.0 Å². The van der Waals surface area contributed by atoms with E-state index in [9.17, 15) is 9.59 Å². The summed E-state index contributed by atoms with van der Waals surface area (Å²) in [6.45, 7) is 0.398. The van der Waals surface area contributed by atoms with E-state index < -0.39 is 5.97 Å². The number of carbonyl (C=O) groups is 2. The first kappa shape index (κ1) is 19.1. The summed E-state index contributed by atoms with van der Waals surface area (Å²) in [5, 5.41) is 5.88. The number of esters is 1. The van der Waals surface area contributed by atoms with E-state index in [1.165, 1.54) is 7.11 Å². The predicted molar refractivity (Wildman–Crippen MR) is 99.1 cm³/mol. The van der Waals surface area contributed by atoms with E-state index in [1.807, 2.05) is 6.07 Å². The number of ether oxygens (including phenoxy) is 3. The van der Waals surface area contributed by atoms with E-state index >= 15 is 0 Å². The Morgan fingerprint density at radius 1 is 0.962 bits per heavy atom. The number of benzene rings is 2. The van der Waals surface area contributed by atoms with Crippen molar-refractivity contribution >= 4 is 23.3 Å². The normalized spacial score (nSPS) is 9.96. The maximum Gasteiger partial charge on any atom is 0.339 e. The summed E-state index contributed by atoms with van der Waals surface area (Å²) in [6.07, 6.45) is 0.213. The van der Waals surface area contributed by atoms with Crippen LogP contribution in [0.4, 0.5) is 11.4 Å². The topological polar surface area (TPSA) is 85.9 Å². The summed E-state index contributed by atoms with van der Waals surface area (Å²) in [7, 11) is 4.45. The van der Waals surface area contributed by atoms with Crippen molar-refractivity contribution in [1.82, 2.24) is 0 Å². The third kappa shape index (κ3) is 4.89. The molecular formula is C19H22N2O5. The minimum absolute atomic E-state index is 0.213. The molecule has 0 heterocycles. The van der Waals surface area contributed by atoms with Crippen molar-refractivity contribution in [2.45, 2.75) is 6.42 Å². The number of amides is 1. The molecule has 2 rings (SSSR count). The summed E-state index contributed by atoms with van der Waals surface area (Å²) in [4.78, 5) is 23.9. The lowest BCUT2D eigenvalue weighted by Crippen LogP contribution is -2.18. The van der Waals surface area contributed by atoms with Crippen LogP contribution in [0.2, 0.25) is 0 Å². The molecule has 0 atom stereocenters. The maximum atomic E-state index is 12.2. The molecule has 0 spiro atoms. The van der Waals surface area contributed by atoms with Gasteiger partial charge in [0.2, 0.25) is 5.91 Å². The first-order valence-electron chi connectivity index (χ1n) is 8.02. The standard InChI is InChI=1S/C19H22N2O5/c1-24-13-8-9-16(17(12-13)25-2)20-11-10-18(22)21-15-7-5-4-6-14(15)19(23)26-3/h4-9,12,20H,10-11H2,1-3H3,(H,21,22). The molecule has 0 aliphatic carbocycles. The van der Waals surface area contributed by atoms with E-state index in [2.05, 4.69) is 10.6 Å². The van der Waals surface area contributed by atoms with E-state index in [1.54, 1.807) is 50.6 Å². The van der Waals surface area contributed by atoms with Gasteiger partial charge in [-0.25, -0.2) is 4.79 Å². The second kappa shape index (κ2) is 9.31. The van der Waals surface area contributed by atoms with Crippen LogP contribution in [0.3, 0.4) is 0 Å². The second-order valence-electron chi connectivity index (χ2n) is 5.33. The molecule has 0 unspecified atom stereocenters. The highest BCUT2D eigenvalue weighted by Crippen LogP contribution is 2.28. The van der Waals surface area contributed by atoms with Gasteiger partial charge in [-0.2, -0.15) is 0 Å². The average molecular weight is 358 g/mol. The number of carbonyl (C=O) groups excluding carboxylic acids is 2. The summed E-state index contributed by atoms with van der Waals surface area (Å²) >= 11 is 0. The van der Waals surface area contributed by atoms with Crippen LogP contribution >= 0.6 is 0 Å². The Kier molecular flexibility index (Phi) is 6.84. The Balaban J connectivity index is 1.93. The van der Waals surface area contributed by atoms with E-state index in [0.29, 0.717) is 29.3 Å². The molecule has 0 fully saturated rings. The minimum atomic E-state index is -0.498. The van der Waals surface area contributed by atoms with E-state index in [4.69, 9.17) is 14.2 Å². The zero-order chi connectivity index (χ0) is 18.9. The fraction of sp³-hybridized carbons (Fsp3) is 0.263. The van der Waals surface area contributed by atoms with E-state index in [-0.39, 0.29) is 12.3 Å². The van der Waals surface area contributed by atoms with Crippen molar-refractivity contribution in [1.29, 1.82) is 0 Å². The summed E-state index contributed by atoms with van der Waals surface area (Å²) < 4.78 is 15.2. The molecular weight excluding hydrogens is 336 g/mol. The molecule has 1 amide bonds. The molecule has 7 heteroatoms. The molecule has 0 aliphatic rings. The van der Waals surface area contributed by atoms with Crippen LogP contribution in [-0.4, -0.2) is 39.8 Å². The van der Waals surface area contributed by atoms with Gasteiger partial charge in [0.25, 0.3) is 0 Å². The molecule has 0 aromatic heterocycles. The van der Waals surface area contributed by atoms with Crippen molar-refractivity contribution in [3.8, 4) is 11.5 Å². The fourth-order valence-corrected chi connectivity index (χ4v) is 2.35. The molecule has 0 radical (unpaired) electrons. The Bertz CT molecular complexity index is 776. The van der Waals surface area contributed by atoms with Crippen LogP contribution in [0, 0.1) is 0 Å². The number of rotatable bonds is 8. The summed E-state index contributed by atoms with van der Waals surface area (Å²) in [5.74, 6) is 0.591. The number of nitrogens with one attached hydrogen (secondary N) is 2. The molecule has 7 nitrogen and oxygen atoms in total. The average Bonchev–Trinajstić information content (AvgIpc) is 2.67. The van der Waals surface area contributed by atoms with Crippen LogP contribution in [0.1, 0.15) is 16.8 Å². The number of para-hydroxylation sites is 1. The van der Waals surface area contributed by atoms with Gasteiger partial charge in [0, 0.05) is 19.0 Å². The quantitative estimate of drug-likeness (QED) is 0.706. The monoisotopic (exact) mass is 358 g/mol. The molecule has 0 saturated heterocycles. The first-order valence-corrected chi connectivity index (χ1v) is 8.02. The highest BCUT2D eigenvalue weighted by Gasteiger charge is 2.13. The molecule has 0 aliphatic heterocycles. The fourth-order valence-electron chi connectivity index (χ4n) is 2.35. The first-order chi connectivity index (χ1) is 12.6. The molecule has 0 bridgehead atoms. The van der Waals surface area contributed by atoms with Gasteiger partial charge >= 0.3 is 5.97 Å². The van der Waals surface area contributed by atoms with Gasteiger partial charge in [0.15, 0.2) is 0 Å². The molecule has 26 heavy (non-hydrogen) atoms. The van der Waals surface area contributed by atoms with Gasteiger partial charge in [-0.05, 0) is 24.3 Å². The van der Waals surface area contributed by atoms with Gasteiger partial charge in [-0.1, -0.05) is 12.1 Å². The summed E-state index contributed by atoms with van der Waals surface area (Å²) in [6, 6.07) is 12.1. The smallest absolute Gasteiger partial charge is 0.339 e. The molecule has 0 saturated carbocycles. The maximum absolute atomic E-state index is 12.2. The Labute approximate surface area is 152 Å². The lowest BCUT2D eigenvalue weighted by molar-refractivity contribution is -0.115. The van der Waals surface area contributed by atoms with E-state index in [0.717, 1.165) is 5.69 Å². The number of hydrogen-bond donors (Lipinski definition) is 2. The van der Waals surface area contributed by atoms with Crippen LogP contribution < -0.4 is 20.1 Å². The van der Waals surface area contributed by atoms with Crippen molar-refractivity contribution in [3.63, 3.8) is 0 Å². The van der Waals surface area contributed by atoms with Gasteiger partial charge in [0.1, 0.15) is 11.5 Å². The number of hydrogen-bond acceptors (Lipinski definition) is 6. The Hall–Kier alpha value is -3.22.